The lowest BCUT2D eigenvalue weighted by atomic mass is 10.5. The van der Waals surface area contributed by atoms with Crippen LogP contribution in [0.3, 0.4) is 0 Å². The van der Waals surface area contributed by atoms with Crippen LogP contribution in [0.1, 0.15) is 20.3 Å². The topological polar surface area (TPSA) is 49.4 Å². The van der Waals surface area contributed by atoms with Crippen LogP contribution < -0.4 is 4.72 Å². The Bertz CT molecular complexity index is 238. The van der Waals surface area contributed by atoms with Gasteiger partial charge in [-0.15, -0.1) is 0 Å². The molecule has 0 amide bonds. The van der Waals surface area contributed by atoms with Gasteiger partial charge in [-0.25, -0.2) is 13.1 Å². The highest BCUT2D eigenvalue weighted by molar-refractivity contribution is 7.89. The van der Waals surface area contributed by atoms with E-state index in [9.17, 15) is 8.42 Å². The molecule has 0 unspecified atom stereocenters. The predicted octanol–water partition coefficient (Wildman–Crippen LogP) is 0.567. The van der Waals surface area contributed by atoms with E-state index in [-0.39, 0.29) is 5.75 Å². The molecular weight excluding hydrogens is 232 g/mol. The second kappa shape index (κ2) is 8.38. The first-order valence-corrected chi connectivity index (χ1v) is 7.64. The van der Waals surface area contributed by atoms with Gasteiger partial charge in [-0.3, -0.25) is 0 Å². The SMILES string of the molecule is CCN(CC)CCNS(=O)(=O)CCCS. The van der Waals surface area contributed by atoms with Crippen LogP contribution in [0.25, 0.3) is 0 Å². The second-order valence-corrected chi connectivity index (χ2v) is 5.69. The molecule has 15 heavy (non-hydrogen) atoms. The molecule has 0 aromatic heterocycles. The Hall–Kier alpha value is 0.220. The van der Waals surface area contributed by atoms with Crippen molar-refractivity contribution in [1.82, 2.24) is 9.62 Å². The van der Waals surface area contributed by atoms with Gasteiger partial charge in [-0.2, -0.15) is 12.6 Å². The molecule has 0 radical (unpaired) electrons. The molecule has 0 saturated heterocycles. The number of nitrogens with zero attached hydrogens (tertiary/aromatic N) is 1. The third-order valence-corrected chi connectivity index (χ3v) is 4.00. The smallest absolute Gasteiger partial charge is 0.211 e. The molecule has 0 aliphatic heterocycles. The summed E-state index contributed by atoms with van der Waals surface area (Å²) in [6.45, 7) is 7.31. The summed E-state index contributed by atoms with van der Waals surface area (Å²) < 4.78 is 25.4. The first-order chi connectivity index (χ1) is 7.05. The predicted molar refractivity (Wildman–Crippen MR) is 68.0 cm³/mol. The molecule has 0 aromatic rings. The van der Waals surface area contributed by atoms with Crippen molar-refractivity contribution in [1.29, 1.82) is 0 Å². The molecule has 0 atom stereocenters. The Morgan fingerprint density at radius 1 is 1.27 bits per heavy atom. The standard InChI is InChI=1S/C9H22N2O2S2/c1-3-11(4-2)7-6-10-15(12,13)9-5-8-14/h10,14H,3-9H2,1-2H3. The largest absolute Gasteiger partial charge is 0.303 e. The zero-order valence-electron chi connectivity index (χ0n) is 9.57. The lowest BCUT2D eigenvalue weighted by Crippen LogP contribution is -2.35. The van der Waals surface area contributed by atoms with E-state index >= 15 is 0 Å². The van der Waals surface area contributed by atoms with Crippen molar-refractivity contribution >= 4 is 22.7 Å². The first-order valence-electron chi connectivity index (χ1n) is 5.36. The quantitative estimate of drug-likeness (QED) is 0.591. The number of hydrogen-bond acceptors (Lipinski definition) is 4. The van der Waals surface area contributed by atoms with Gasteiger partial charge in [0.15, 0.2) is 0 Å². The zero-order valence-corrected chi connectivity index (χ0v) is 11.3. The van der Waals surface area contributed by atoms with Crippen molar-refractivity contribution in [3.63, 3.8) is 0 Å². The Kier molecular flexibility index (Phi) is 8.50. The molecule has 0 spiro atoms. The fraction of sp³-hybridized carbons (Fsp3) is 1.00. The van der Waals surface area contributed by atoms with Crippen LogP contribution in [0, 0.1) is 0 Å². The summed E-state index contributed by atoms with van der Waals surface area (Å²) in [5.74, 6) is 0.783. The van der Waals surface area contributed by atoms with Crippen molar-refractivity contribution in [2.75, 3.05) is 37.7 Å². The molecular formula is C9H22N2O2S2. The summed E-state index contributed by atoms with van der Waals surface area (Å²) in [5.41, 5.74) is 0. The summed E-state index contributed by atoms with van der Waals surface area (Å²) in [6.07, 6.45) is 0.601. The van der Waals surface area contributed by atoms with Gasteiger partial charge >= 0.3 is 0 Å². The molecule has 92 valence electrons. The summed E-state index contributed by atoms with van der Waals surface area (Å²) >= 11 is 3.99. The number of likely N-dealkylation sites (N-methyl/N-ethyl adjacent to an activating group) is 1. The van der Waals surface area contributed by atoms with Crippen LogP contribution in [0.5, 0.6) is 0 Å². The van der Waals surface area contributed by atoms with Crippen LogP contribution in [-0.4, -0.2) is 51.0 Å². The monoisotopic (exact) mass is 254 g/mol. The first kappa shape index (κ1) is 15.2. The third kappa shape index (κ3) is 8.07. The van der Waals surface area contributed by atoms with Crippen molar-refractivity contribution in [3.05, 3.63) is 0 Å². The fourth-order valence-electron chi connectivity index (χ4n) is 1.23. The van der Waals surface area contributed by atoms with Gasteiger partial charge in [0.25, 0.3) is 0 Å². The van der Waals surface area contributed by atoms with Crippen LogP contribution in [0.15, 0.2) is 0 Å². The van der Waals surface area contributed by atoms with Crippen molar-refractivity contribution < 1.29 is 8.42 Å². The van der Waals surface area contributed by atoms with E-state index in [4.69, 9.17) is 0 Å². The van der Waals surface area contributed by atoms with E-state index in [1.54, 1.807) is 0 Å². The molecule has 0 bridgehead atoms. The fourth-order valence-corrected chi connectivity index (χ4v) is 2.67. The number of thiol groups is 1. The Balaban J connectivity index is 3.74. The average Bonchev–Trinajstić information content (AvgIpc) is 2.22. The van der Waals surface area contributed by atoms with Crippen molar-refractivity contribution in [2.24, 2.45) is 0 Å². The van der Waals surface area contributed by atoms with Crippen molar-refractivity contribution in [2.45, 2.75) is 20.3 Å². The maximum absolute atomic E-state index is 11.4. The highest BCUT2D eigenvalue weighted by Gasteiger charge is 2.08. The molecule has 0 aliphatic rings. The van der Waals surface area contributed by atoms with Crippen molar-refractivity contribution in [3.8, 4) is 0 Å². The summed E-state index contributed by atoms with van der Waals surface area (Å²) in [7, 11) is -3.08. The zero-order chi connectivity index (χ0) is 11.7. The number of rotatable bonds is 9. The van der Waals surface area contributed by atoms with Gasteiger partial charge < -0.3 is 4.90 Å². The summed E-state index contributed by atoms with van der Waals surface area (Å²) in [5, 5.41) is 0. The van der Waals surface area contributed by atoms with Gasteiger partial charge in [0.1, 0.15) is 0 Å². The van der Waals surface area contributed by atoms with E-state index in [0.29, 0.717) is 18.7 Å². The average molecular weight is 254 g/mol. The lowest BCUT2D eigenvalue weighted by molar-refractivity contribution is 0.309. The third-order valence-electron chi connectivity index (χ3n) is 2.22. The highest BCUT2D eigenvalue weighted by Crippen LogP contribution is 1.92. The van der Waals surface area contributed by atoms with E-state index in [0.717, 1.165) is 19.6 Å². The van der Waals surface area contributed by atoms with Gasteiger partial charge in [-0.05, 0) is 25.3 Å². The lowest BCUT2D eigenvalue weighted by Gasteiger charge is -2.17. The van der Waals surface area contributed by atoms with Gasteiger partial charge in [0.2, 0.25) is 10.0 Å². The molecule has 0 fully saturated rings. The minimum atomic E-state index is -3.08. The molecule has 0 aromatic carbocycles. The minimum Gasteiger partial charge on any atom is -0.303 e. The van der Waals surface area contributed by atoms with Crippen LogP contribution in [-0.2, 0) is 10.0 Å². The molecule has 0 heterocycles. The second-order valence-electron chi connectivity index (χ2n) is 3.32. The minimum absolute atomic E-state index is 0.175. The van der Waals surface area contributed by atoms with E-state index in [2.05, 4.69) is 36.1 Å². The Labute approximate surface area is 98.9 Å². The molecule has 0 aliphatic carbocycles. The number of hydrogen-bond donors (Lipinski definition) is 2. The molecule has 1 N–H and O–H groups in total. The maximum atomic E-state index is 11.4. The van der Waals surface area contributed by atoms with Crippen LogP contribution in [0.4, 0.5) is 0 Å². The Morgan fingerprint density at radius 3 is 2.33 bits per heavy atom. The number of nitrogens with one attached hydrogen (secondary N) is 1. The van der Waals surface area contributed by atoms with Gasteiger partial charge in [0, 0.05) is 13.1 Å². The van der Waals surface area contributed by atoms with Crippen LogP contribution >= 0.6 is 12.6 Å². The summed E-state index contributed by atoms with van der Waals surface area (Å²) in [6, 6.07) is 0. The van der Waals surface area contributed by atoms with E-state index < -0.39 is 10.0 Å². The normalized spacial score (nSPS) is 12.3. The van der Waals surface area contributed by atoms with Gasteiger partial charge in [-0.1, -0.05) is 13.8 Å². The summed E-state index contributed by atoms with van der Waals surface area (Å²) in [4.78, 5) is 2.18. The molecule has 6 heteroatoms. The van der Waals surface area contributed by atoms with Gasteiger partial charge in [0.05, 0.1) is 5.75 Å². The molecule has 0 saturated carbocycles. The molecule has 0 rings (SSSR count). The maximum Gasteiger partial charge on any atom is 0.211 e. The Morgan fingerprint density at radius 2 is 1.87 bits per heavy atom. The van der Waals surface area contributed by atoms with Crippen LogP contribution in [0.2, 0.25) is 0 Å². The number of sulfonamides is 1. The van der Waals surface area contributed by atoms with E-state index in [1.807, 2.05) is 0 Å². The molecule has 4 nitrogen and oxygen atoms in total. The highest BCUT2D eigenvalue weighted by atomic mass is 32.2. The van der Waals surface area contributed by atoms with E-state index in [1.165, 1.54) is 0 Å².